The minimum absolute atomic E-state index is 0.0165. The average Bonchev–Trinajstić information content (AvgIpc) is 3.07. The summed E-state index contributed by atoms with van der Waals surface area (Å²) in [6, 6.07) is 3.02. The lowest BCUT2D eigenvalue weighted by molar-refractivity contribution is -0.132. The molecule has 7 heteroatoms. The third-order valence-electron chi connectivity index (χ3n) is 5.83. The maximum Gasteiger partial charge on any atom is 0.245 e. The first-order chi connectivity index (χ1) is 12.8. The second kappa shape index (κ2) is 8.11. The summed E-state index contributed by atoms with van der Waals surface area (Å²) in [5.41, 5.74) is 0.752. The van der Waals surface area contributed by atoms with Gasteiger partial charge in [-0.15, -0.1) is 0 Å². The summed E-state index contributed by atoms with van der Waals surface area (Å²) in [4.78, 5) is 28.1. The van der Waals surface area contributed by atoms with Gasteiger partial charge in [-0.25, -0.2) is 0 Å². The number of phenolic OH excluding ortho intramolecular Hbond substituents is 1. The van der Waals surface area contributed by atoms with Crippen molar-refractivity contribution in [1.82, 2.24) is 9.80 Å². The first-order valence-corrected chi connectivity index (χ1v) is 9.95. The number of likely N-dealkylation sites (tertiary alicyclic amines) is 2. The molecule has 0 unspecified atom stereocenters. The Bertz CT molecular complexity index is 758. The molecule has 1 aromatic rings. The molecular weight excluding hydrogens is 387 g/mol. The van der Waals surface area contributed by atoms with E-state index in [1.807, 2.05) is 9.80 Å². The molecule has 1 N–H and O–H groups in total. The number of hydrogen-bond donors (Lipinski definition) is 1. The maximum absolute atomic E-state index is 12.6. The average molecular weight is 411 g/mol. The van der Waals surface area contributed by atoms with Gasteiger partial charge in [-0.2, -0.15) is 0 Å². The Labute approximate surface area is 169 Å². The van der Waals surface area contributed by atoms with Crippen molar-refractivity contribution in [3.8, 4) is 5.75 Å². The molecule has 2 amide bonds. The molecule has 0 saturated carbocycles. The molecule has 0 radical (unpaired) electrons. The van der Waals surface area contributed by atoms with Crippen molar-refractivity contribution in [1.29, 1.82) is 0 Å². The number of phenols is 1. The first kappa shape index (κ1) is 20.0. The third kappa shape index (κ3) is 4.41. The van der Waals surface area contributed by atoms with Gasteiger partial charge < -0.3 is 14.9 Å². The summed E-state index contributed by atoms with van der Waals surface area (Å²) < 4.78 is 0. The van der Waals surface area contributed by atoms with Gasteiger partial charge in [0.1, 0.15) is 5.75 Å². The smallest absolute Gasteiger partial charge is 0.245 e. The highest BCUT2D eigenvalue weighted by Gasteiger charge is 2.42. The summed E-state index contributed by atoms with van der Waals surface area (Å²) in [6.07, 6.45) is 4.93. The molecule has 0 bridgehead atoms. The molecule has 5 nitrogen and oxygen atoms in total. The molecule has 2 saturated heterocycles. The van der Waals surface area contributed by atoms with Crippen molar-refractivity contribution in [2.75, 3.05) is 26.2 Å². The zero-order valence-electron chi connectivity index (χ0n) is 15.2. The van der Waals surface area contributed by atoms with E-state index in [4.69, 9.17) is 23.2 Å². The molecule has 0 aromatic heterocycles. The Kier molecular flexibility index (Phi) is 6.02. The molecule has 146 valence electrons. The largest absolute Gasteiger partial charge is 0.508 e. The van der Waals surface area contributed by atoms with Gasteiger partial charge in [0.2, 0.25) is 11.8 Å². The molecule has 27 heavy (non-hydrogen) atoms. The normalized spacial score (nSPS) is 18.7. The van der Waals surface area contributed by atoms with E-state index in [1.165, 1.54) is 12.1 Å². The van der Waals surface area contributed by atoms with Crippen LogP contribution in [0.1, 0.15) is 31.2 Å². The summed E-state index contributed by atoms with van der Waals surface area (Å²) >= 11 is 11.9. The van der Waals surface area contributed by atoms with Gasteiger partial charge in [0, 0.05) is 38.7 Å². The topological polar surface area (TPSA) is 60.9 Å². The van der Waals surface area contributed by atoms with Crippen LogP contribution in [0.15, 0.2) is 24.8 Å². The van der Waals surface area contributed by atoms with Gasteiger partial charge in [-0.05, 0) is 48.8 Å². The fourth-order valence-electron chi connectivity index (χ4n) is 4.06. The standard InChI is InChI=1S/C20H24Cl2N2O3/c1-2-18(26)23-8-5-20(6-9-23)7-10-24(13-20)19(27)4-3-14-11-15(21)16(22)12-17(14)25/h2,11-12,25H,1,3-10,13H2. The van der Waals surface area contributed by atoms with Gasteiger partial charge in [0.25, 0.3) is 0 Å². The SMILES string of the molecule is C=CC(=O)N1CCC2(CC1)CCN(C(=O)CCc1cc(Cl)c(Cl)cc1O)C2. The molecule has 2 aliphatic heterocycles. The van der Waals surface area contributed by atoms with E-state index in [-0.39, 0.29) is 23.0 Å². The summed E-state index contributed by atoms with van der Waals surface area (Å²) in [5, 5.41) is 10.6. The van der Waals surface area contributed by atoms with Crippen LogP contribution >= 0.6 is 23.2 Å². The van der Waals surface area contributed by atoms with Gasteiger partial charge >= 0.3 is 0 Å². The number of benzene rings is 1. The first-order valence-electron chi connectivity index (χ1n) is 9.19. The zero-order chi connectivity index (χ0) is 19.6. The van der Waals surface area contributed by atoms with E-state index < -0.39 is 0 Å². The highest BCUT2D eigenvalue weighted by molar-refractivity contribution is 6.42. The lowest BCUT2D eigenvalue weighted by atomic mass is 9.78. The van der Waals surface area contributed by atoms with Crippen LogP contribution in [0.4, 0.5) is 0 Å². The molecule has 2 fully saturated rings. The van der Waals surface area contributed by atoms with Gasteiger partial charge in [0.15, 0.2) is 0 Å². The van der Waals surface area contributed by atoms with E-state index in [0.29, 0.717) is 28.5 Å². The Balaban J connectivity index is 1.53. The highest BCUT2D eigenvalue weighted by Crippen LogP contribution is 2.40. The number of nitrogens with zero attached hydrogens (tertiary/aromatic N) is 2. The van der Waals surface area contributed by atoms with E-state index >= 15 is 0 Å². The van der Waals surface area contributed by atoms with Crippen LogP contribution in [0.25, 0.3) is 0 Å². The van der Waals surface area contributed by atoms with Crippen LogP contribution < -0.4 is 0 Å². The Morgan fingerprint density at radius 2 is 1.70 bits per heavy atom. The van der Waals surface area contributed by atoms with E-state index in [0.717, 1.165) is 45.4 Å². The minimum Gasteiger partial charge on any atom is -0.508 e. The maximum atomic E-state index is 12.6. The van der Waals surface area contributed by atoms with Crippen LogP contribution in [0, 0.1) is 5.41 Å². The van der Waals surface area contributed by atoms with Gasteiger partial charge in [-0.1, -0.05) is 29.8 Å². The highest BCUT2D eigenvalue weighted by atomic mass is 35.5. The number of halogens is 2. The van der Waals surface area contributed by atoms with Crippen molar-refractivity contribution >= 4 is 35.0 Å². The second-order valence-corrected chi connectivity index (χ2v) is 8.30. The van der Waals surface area contributed by atoms with Crippen LogP contribution in [0.3, 0.4) is 0 Å². The van der Waals surface area contributed by atoms with Crippen molar-refractivity contribution in [3.63, 3.8) is 0 Å². The van der Waals surface area contributed by atoms with Crippen molar-refractivity contribution in [2.24, 2.45) is 5.41 Å². The van der Waals surface area contributed by atoms with E-state index in [9.17, 15) is 14.7 Å². The number of carbonyl (C=O) groups is 2. The van der Waals surface area contributed by atoms with E-state index in [2.05, 4.69) is 6.58 Å². The molecule has 3 rings (SSSR count). The number of carbonyl (C=O) groups excluding carboxylic acids is 2. The Morgan fingerprint density at radius 3 is 2.33 bits per heavy atom. The lowest BCUT2D eigenvalue weighted by Gasteiger charge is -2.38. The number of piperidine rings is 1. The Hall–Kier alpha value is -1.72. The number of aryl methyl sites for hydroxylation is 1. The molecule has 1 spiro atoms. The van der Waals surface area contributed by atoms with Crippen LogP contribution in [0.5, 0.6) is 5.75 Å². The fourth-order valence-corrected chi connectivity index (χ4v) is 4.41. The van der Waals surface area contributed by atoms with Crippen molar-refractivity contribution in [2.45, 2.75) is 32.1 Å². The summed E-state index contributed by atoms with van der Waals surface area (Å²) in [6.45, 7) is 6.49. The summed E-state index contributed by atoms with van der Waals surface area (Å²) in [5.74, 6) is 0.133. The van der Waals surface area contributed by atoms with Crippen LogP contribution in [0.2, 0.25) is 10.0 Å². The molecule has 1 aromatic carbocycles. The van der Waals surface area contributed by atoms with Gasteiger partial charge in [-0.3, -0.25) is 9.59 Å². The summed E-state index contributed by atoms with van der Waals surface area (Å²) in [7, 11) is 0. The number of hydrogen-bond acceptors (Lipinski definition) is 3. The number of amides is 2. The van der Waals surface area contributed by atoms with Gasteiger partial charge in [0.05, 0.1) is 10.0 Å². The van der Waals surface area contributed by atoms with Crippen LogP contribution in [-0.2, 0) is 16.0 Å². The molecular formula is C20H24Cl2N2O3. The van der Waals surface area contributed by atoms with E-state index in [1.54, 1.807) is 6.07 Å². The van der Waals surface area contributed by atoms with Crippen molar-refractivity contribution in [3.05, 3.63) is 40.4 Å². The number of aromatic hydroxyl groups is 1. The zero-order valence-corrected chi connectivity index (χ0v) is 16.7. The molecule has 2 heterocycles. The monoisotopic (exact) mass is 410 g/mol. The fraction of sp³-hybridized carbons (Fsp3) is 0.500. The molecule has 2 aliphatic rings. The lowest BCUT2D eigenvalue weighted by Crippen LogP contribution is -2.44. The quantitative estimate of drug-likeness (QED) is 0.770. The van der Waals surface area contributed by atoms with Crippen LogP contribution in [-0.4, -0.2) is 52.9 Å². The Morgan fingerprint density at radius 1 is 1.11 bits per heavy atom. The predicted molar refractivity (Wildman–Crippen MR) is 106 cm³/mol. The predicted octanol–water partition coefficient (Wildman–Crippen LogP) is 3.66. The number of rotatable bonds is 4. The van der Waals surface area contributed by atoms with Crippen molar-refractivity contribution < 1.29 is 14.7 Å². The second-order valence-electron chi connectivity index (χ2n) is 7.49. The molecule has 0 atom stereocenters. The minimum atomic E-state index is -0.0165. The third-order valence-corrected chi connectivity index (χ3v) is 6.55. The molecule has 0 aliphatic carbocycles.